The second-order valence-corrected chi connectivity index (χ2v) is 4.32. The number of carbonyl (C=O) groups is 3. The van der Waals surface area contributed by atoms with Gasteiger partial charge >= 0.3 is 11.9 Å². The lowest BCUT2D eigenvalue weighted by atomic mass is 10.1. The highest BCUT2D eigenvalue weighted by Crippen LogP contribution is 2.25. The van der Waals surface area contributed by atoms with Gasteiger partial charge < -0.3 is 20.5 Å². The van der Waals surface area contributed by atoms with Gasteiger partial charge in [0.25, 0.3) is 11.6 Å². The van der Waals surface area contributed by atoms with Gasteiger partial charge in [0.15, 0.2) is 0 Å². The Kier molecular flexibility index (Phi) is 6.46. The van der Waals surface area contributed by atoms with Gasteiger partial charge in [0.05, 0.1) is 18.5 Å². The van der Waals surface area contributed by atoms with Crippen molar-refractivity contribution in [3.63, 3.8) is 0 Å². The molecule has 1 aromatic rings. The highest BCUT2D eigenvalue weighted by Gasteiger charge is 2.18. The van der Waals surface area contributed by atoms with E-state index in [0.717, 1.165) is 13.2 Å². The Bertz CT molecular complexity index is 630. The molecule has 1 aromatic carbocycles. The maximum absolute atomic E-state index is 11.8. The van der Waals surface area contributed by atoms with E-state index in [0.29, 0.717) is 0 Å². The average Bonchev–Trinajstić information content (AvgIpc) is 2.51. The van der Waals surface area contributed by atoms with Gasteiger partial charge in [-0.25, -0.2) is 0 Å². The molecule has 10 nitrogen and oxygen atoms in total. The van der Waals surface area contributed by atoms with E-state index in [1.807, 2.05) is 0 Å². The molecule has 0 aliphatic rings. The van der Waals surface area contributed by atoms with Crippen molar-refractivity contribution in [3.05, 3.63) is 33.9 Å². The van der Waals surface area contributed by atoms with E-state index in [9.17, 15) is 24.5 Å². The number of aliphatic carboxylic acids is 1. The molecule has 0 radical (unpaired) electrons. The molecule has 0 saturated carbocycles. The summed E-state index contributed by atoms with van der Waals surface area (Å²) < 4.78 is 4.36. The van der Waals surface area contributed by atoms with Crippen LogP contribution in [0.5, 0.6) is 0 Å². The molecular formula is C13H15N3O7. The third-order valence-electron chi connectivity index (χ3n) is 2.73. The Morgan fingerprint density at radius 1 is 1.35 bits per heavy atom. The minimum Gasteiger partial charge on any atom is -0.481 e. The van der Waals surface area contributed by atoms with Crippen molar-refractivity contribution >= 4 is 29.2 Å². The summed E-state index contributed by atoms with van der Waals surface area (Å²) in [6.07, 6.45) is -0.210. The van der Waals surface area contributed by atoms with Crippen molar-refractivity contribution in [2.75, 3.05) is 25.5 Å². The first-order chi connectivity index (χ1) is 10.8. The van der Waals surface area contributed by atoms with Crippen LogP contribution in [0.25, 0.3) is 0 Å². The molecule has 10 heteroatoms. The zero-order valence-electron chi connectivity index (χ0n) is 12.2. The van der Waals surface area contributed by atoms with Crippen LogP contribution in [-0.4, -0.2) is 48.1 Å². The Hall–Kier alpha value is -3.17. The van der Waals surface area contributed by atoms with Crippen molar-refractivity contribution < 1.29 is 29.2 Å². The number of ether oxygens (including phenoxy) is 1. The number of nitro groups is 1. The molecule has 0 fully saturated rings. The van der Waals surface area contributed by atoms with Crippen LogP contribution in [0.15, 0.2) is 18.2 Å². The summed E-state index contributed by atoms with van der Waals surface area (Å²) in [5, 5.41) is 24.5. The average molecular weight is 325 g/mol. The van der Waals surface area contributed by atoms with Crippen molar-refractivity contribution in [1.82, 2.24) is 5.32 Å². The molecule has 0 aliphatic carbocycles. The summed E-state index contributed by atoms with van der Waals surface area (Å²) in [4.78, 5) is 43.6. The Morgan fingerprint density at radius 3 is 2.61 bits per heavy atom. The van der Waals surface area contributed by atoms with Crippen LogP contribution in [0.2, 0.25) is 0 Å². The predicted octanol–water partition coefficient (Wildman–Crippen LogP) is 0.384. The molecule has 1 rings (SSSR count). The molecule has 3 N–H and O–H groups in total. The Balaban J connectivity index is 2.85. The third-order valence-corrected chi connectivity index (χ3v) is 2.73. The zero-order valence-corrected chi connectivity index (χ0v) is 12.2. The lowest BCUT2D eigenvalue weighted by molar-refractivity contribution is -0.384. The highest BCUT2D eigenvalue weighted by molar-refractivity contribution is 5.97. The topological polar surface area (TPSA) is 148 Å². The molecular weight excluding hydrogens is 310 g/mol. The van der Waals surface area contributed by atoms with E-state index in [2.05, 4.69) is 15.4 Å². The summed E-state index contributed by atoms with van der Waals surface area (Å²) >= 11 is 0. The maximum atomic E-state index is 11.8. The summed E-state index contributed by atoms with van der Waals surface area (Å²) in [5.74, 6) is -2.37. The number of benzene rings is 1. The lowest BCUT2D eigenvalue weighted by Crippen LogP contribution is -2.30. The van der Waals surface area contributed by atoms with Gasteiger partial charge in [-0.2, -0.15) is 0 Å². The van der Waals surface area contributed by atoms with Crippen molar-refractivity contribution in [1.29, 1.82) is 0 Å². The van der Waals surface area contributed by atoms with Crippen LogP contribution in [-0.2, 0) is 14.3 Å². The van der Waals surface area contributed by atoms with Gasteiger partial charge in [0.1, 0.15) is 12.2 Å². The number of nitrogens with zero attached hydrogens (tertiary/aromatic N) is 1. The Labute approximate surface area is 130 Å². The maximum Gasteiger partial charge on any atom is 0.325 e. The molecule has 124 valence electrons. The number of methoxy groups -OCH3 is 1. The molecule has 0 atom stereocenters. The van der Waals surface area contributed by atoms with Crippen LogP contribution in [0.3, 0.4) is 0 Å². The molecule has 0 saturated heterocycles. The monoisotopic (exact) mass is 325 g/mol. The second kappa shape index (κ2) is 8.32. The van der Waals surface area contributed by atoms with Gasteiger partial charge in [-0.1, -0.05) is 0 Å². The van der Waals surface area contributed by atoms with E-state index in [1.165, 1.54) is 12.1 Å². The number of nitro benzene ring substituents is 1. The Morgan fingerprint density at radius 2 is 2.04 bits per heavy atom. The molecule has 1 amide bonds. The predicted molar refractivity (Wildman–Crippen MR) is 78.2 cm³/mol. The summed E-state index contributed by atoms with van der Waals surface area (Å²) in [6.45, 7) is -0.355. The van der Waals surface area contributed by atoms with Gasteiger partial charge in [0, 0.05) is 18.2 Å². The number of hydrogen-bond acceptors (Lipinski definition) is 7. The van der Waals surface area contributed by atoms with Gasteiger partial charge in [-0.05, 0) is 12.1 Å². The SMILES string of the molecule is COC(=O)CNC(=O)c1ccc(NCCC(=O)O)c([N+](=O)[O-])c1. The highest BCUT2D eigenvalue weighted by atomic mass is 16.6. The van der Waals surface area contributed by atoms with Crippen LogP contribution < -0.4 is 10.6 Å². The minimum absolute atomic E-state index is 0.00402. The molecule has 0 aliphatic heterocycles. The number of carboxylic acid groups (broad SMARTS) is 1. The molecule has 0 spiro atoms. The quantitative estimate of drug-likeness (QED) is 0.353. The summed E-state index contributed by atoms with van der Waals surface area (Å²) in [5.41, 5.74) is -0.286. The normalized spacial score (nSPS) is 9.78. The van der Waals surface area contributed by atoms with Crippen molar-refractivity contribution in [2.45, 2.75) is 6.42 Å². The van der Waals surface area contributed by atoms with Gasteiger partial charge in [-0.15, -0.1) is 0 Å². The first-order valence-electron chi connectivity index (χ1n) is 6.44. The van der Waals surface area contributed by atoms with Crippen LogP contribution >= 0.6 is 0 Å². The molecule has 0 aromatic heterocycles. The second-order valence-electron chi connectivity index (χ2n) is 4.32. The van der Waals surface area contributed by atoms with E-state index in [4.69, 9.17) is 5.11 Å². The number of anilines is 1. The number of carbonyl (C=O) groups excluding carboxylic acids is 2. The number of esters is 1. The van der Waals surface area contributed by atoms with Crippen molar-refractivity contribution in [2.24, 2.45) is 0 Å². The fourth-order valence-electron chi connectivity index (χ4n) is 1.60. The number of hydrogen-bond donors (Lipinski definition) is 3. The van der Waals surface area contributed by atoms with E-state index < -0.39 is 22.8 Å². The van der Waals surface area contributed by atoms with Crippen molar-refractivity contribution in [3.8, 4) is 0 Å². The number of nitrogens with one attached hydrogen (secondary N) is 2. The number of amides is 1. The molecule has 0 unspecified atom stereocenters. The van der Waals surface area contributed by atoms with E-state index in [-0.39, 0.29) is 36.4 Å². The van der Waals surface area contributed by atoms with Crippen LogP contribution in [0.1, 0.15) is 16.8 Å². The van der Waals surface area contributed by atoms with E-state index in [1.54, 1.807) is 0 Å². The fraction of sp³-hybridized carbons (Fsp3) is 0.308. The standard InChI is InChI=1S/C13H15N3O7/c1-23-12(19)7-15-13(20)8-2-3-9(10(6-8)16(21)22)14-5-4-11(17)18/h2-3,6,14H,4-5,7H2,1H3,(H,15,20)(H,17,18). The van der Waals surface area contributed by atoms with Crippen LogP contribution in [0.4, 0.5) is 11.4 Å². The molecule has 0 bridgehead atoms. The van der Waals surface area contributed by atoms with Crippen LogP contribution in [0, 0.1) is 10.1 Å². The van der Waals surface area contributed by atoms with Gasteiger partial charge in [-0.3, -0.25) is 24.5 Å². The van der Waals surface area contributed by atoms with Gasteiger partial charge in [0.2, 0.25) is 0 Å². The fourth-order valence-corrected chi connectivity index (χ4v) is 1.60. The third kappa shape index (κ3) is 5.61. The first-order valence-corrected chi connectivity index (χ1v) is 6.44. The summed E-state index contributed by atoms with van der Waals surface area (Å²) in [6, 6.07) is 3.66. The molecule has 23 heavy (non-hydrogen) atoms. The number of carboxylic acids is 1. The first kappa shape index (κ1) is 17.9. The molecule has 0 heterocycles. The van der Waals surface area contributed by atoms with E-state index >= 15 is 0 Å². The summed E-state index contributed by atoms with van der Waals surface area (Å²) in [7, 11) is 1.16. The lowest BCUT2D eigenvalue weighted by Gasteiger charge is -2.08. The smallest absolute Gasteiger partial charge is 0.325 e. The number of rotatable bonds is 8. The largest absolute Gasteiger partial charge is 0.481 e. The zero-order chi connectivity index (χ0) is 17.4. The minimum atomic E-state index is -1.04.